The van der Waals surface area contributed by atoms with Crippen molar-refractivity contribution in [2.75, 3.05) is 19.6 Å². The quantitative estimate of drug-likeness (QED) is 0.865. The van der Waals surface area contributed by atoms with Gasteiger partial charge < -0.3 is 9.32 Å². The van der Waals surface area contributed by atoms with Crippen LogP contribution in [0.4, 0.5) is 0 Å². The third kappa shape index (κ3) is 3.34. The Kier molecular flexibility index (Phi) is 4.70. The second kappa shape index (κ2) is 6.64. The zero-order chi connectivity index (χ0) is 18.2. The van der Waals surface area contributed by atoms with E-state index in [1.165, 1.54) is 10.4 Å². The Balaban J connectivity index is 1.82. The number of amides is 1. The van der Waals surface area contributed by atoms with Gasteiger partial charge in [-0.25, -0.2) is 8.42 Å². The first kappa shape index (κ1) is 17.7. The Labute approximate surface area is 146 Å². The second-order valence-electron chi connectivity index (χ2n) is 6.56. The second-order valence-corrected chi connectivity index (χ2v) is 8.38. The maximum Gasteiger partial charge on any atom is 0.277 e. The summed E-state index contributed by atoms with van der Waals surface area (Å²) in [5.74, 6) is 0.540. The van der Waals surface area contributed by atoms with Crippen LogP contribution in [0, 0.1) is 5.92 Å². The molecule has 1 fully saturated rings. The van der Waals surface area contributed by atoms with E-state index in [4.69, 9.17) is 4.42 Å². The highest BCUT2D eigenvalue weighted by molar-refractivity contribution is 7.89. The minimum absolute atomic E-state index is 0.172. The van der Waals surface area contributed by atoms with E-state index in [9.17, 15) is 13.2 Å². The number of aromatic nitrogens is 2. The molecule has 1 aliphatic rings. The lowest BCUT2D eigenvalue weighted by Crippen LogP contribution is -2.57. The summed E-state index contributed by atoms with van der Waals surface area (Å²) in [4.78, 5) is 14.2. The number of nitrogens with zero attached hydrogens (tertiary/aromatic N) is 3. The molecule has 0 radical (unpaired) electrons. The predicted octanol–water partition coefficient (Wildman–Crippen LogP) is 1.55. The fourth-order valence-corrected chi connectivity index (χ4v) is 4.47. The number of rotatable bonds is 5. The third-order valence-electron chi connectivity index (χ3n) is 4.19. The van der Waals surface area contributed by atoms with Crippen LogP contribution in [0.15, 0.2) is 33.9 Å². The number of hydrogen-bond acceptors (Lipinski definition) is 5. The van der Waals surface area contributed by atoms with E-state index in [-0.39, 0.29) is 17.5 Å². The Morgan fingerprint density at radius 1 is 1.32 bits per heavy atom. The Hall–Kier alpha value is -2.13. The van der Waals surface area contributed by atoms with E-state index in [0.29, 0.717) is 30.5 Å². The molecule has 0 aromatic carbocycles. The topological polar surface area (TPSA) is 99.5 Å². The van der Waals surface area contributed by atoms with Crippen LogP contribution in [0.2, 0.25) is 0 Å². The number of aromatic amines is 1. The van der Waals surface area contributed by atoms with Crippen LogP contribution in [0.5, 0.6) is 0 Å². The molecule has 25 heavy (non-hydrogen) atoms. The minimum Gasteiger partial charge on any atom is -0.442 e. The maximum atomic E-state index is 12.9. The molecule has 3 rings (SSSR count). The molecule has 1 aliphatic heterocycles. The highest BCUT2D eigenvalue weighted by Crippen LogP contribution is 2.27. The largest absolute Gasteiger partial charge is 0.442 e. The van der Waals surface area contributed by atoms with Gasteiger partial charge in [0.25, 0.3) is 10.0 Å². The number of sulfonamides is 1. The van der Waals surface area contributed by atoms with Gasteiger partial charge in [-0.05, 0) is 31.0 Å². The van der Waals surface area contributed by atoms with Crippen molar-refractivity contribution < 1.29 is 17.6 Å². The lowest BCUT2D eigenvalue weighted by atomic mass is 10.1. The lowest BCUT2D eigenvalue weighted by Gasteiger charge is -2.38. The van der Waals surface area contributed by atoms with Crippen molar-refractivity contribution in [1.82, 2.24) is 19.4 Å². The molecular weight excluding hydrogens is 344 g/mol. The molecule has 3 heterocycles. The normalized spacial score (nSPS) is 19.8. The van der Waals surface area contributed by atoms with Gasteiger partial charge in [0.1, 0.15) is 11.7 Å². The Morgan fingerprint density at radius 2 is 2.08 bits per heavy atom. The van der Waals surface area contributed by atoms with E-state index in [2.05, 4.69) is 10.2 Å². The number of nitrogens with one attached hydrogen (secondary N) is 1. The first-order valence-electron chi connectivity index (χ1n) is 8.21. The van der Waals surface area contributed by atoms with Gasteiger partial charge in [0.05, 0.1) is 0 Å². The van der Waals surface area contributed by atoms with Crippen molar-refractivity contribution in [3.63, 3.8) is 0 Å². The zero-order valence-corrected chi connectivity index (χ0v) is 15.3. The summed E-state index contributed by atoms with van der Waals surface area (Å²) in [6, 6.07) is 3.91. The van der Waals surface area contributed by atoms with Gasteiger partial charge in [-0.3, -0.25) is 9.89 Å². The number of carbonyl (C=O) groups excluding carboxylic acids is 1. The molecule has 1 amide bonds. The van der Waals surface area contributed by atoms with Gasteiger partial charge in [0.2, 0.25) is 11.0 Å². The molecule has 9 heteroatoms. The first-order chi connectivity index (χ1) is 11.8. The van der Waals surface area contributed by atoms with Gasteiger partial charge in [-0.2, -0.15) is 9.40 Å². The van der Waals surface area contributed by atoms with Crippen LogP contribution < -0.4 is 0 Å². The smallest absolute Gasteiger partial charge is 0.277 e. The third-order valence-corrected chi connectivity index (χ3v) is 6.03. The number of hydrogen-bond donors (Lipinski definition) is 1. The van der Waals surface area contributed by atoms with Crippen molar-refractivity contribution in [3.8, 4) is 11.5 Å². The van der Waals surface area contributed by atoms with Crippen LogP contribution in [0.25, 0.3) is 11.5 Å². The molecule has 0 aliphatic carbocycles. The first-order valence-corrected chi connectivity index (χ1v) is 9.65. The molecule has 1 N–H and O–H groups in total. The van der Waals surface area contributed by atoms with E-state index in [0.717, 1.165) is 0 Å². The van der Waals surface area contributed by atoms with E-state index >= 15 is 0 Å². The van der Waals surface area contributed by atoms with Crippen LogP contribution in [-0.2, 0) is 14.8 Å². The van der Waals surface area contributed by atoms with Crippen molar-refractivity contribution in [3.05, 3.63) is 24.4 Å². The summed E-state index contributed by atoms with van der Waals surface area (Å²) in [5, 5.41) is 6.37. The standard InChI is InChI=1S/C16H22N4O4S/c1-11(2)10-19-8-9-20(12(3)16(19)21)25(22,23)15-5-4-14(24-15)13-6-7-17-18-13/h4-7,11-12H,8-10H2,1-3H3,(H,17,18). The summed E-state index contributed by atoms with van der Waals surface area (Å²) in [6.45, 7) is 6.94. The number of H-pyrrole nitrogens is 1. The monoisotopic (exact) mass is 366 g/mol. The van der Waals surface area contributed by atoms with E-state index < -0.39 is 16.1 Å². The average Bonchev–Trinajstić information content (AvgIpc) is 3.21. The van der Waals surface area contributed by atoms with Gasteiger partial charge >= 0.3 is 0 Å². The van der Waals surface area contributed by atoms with Crippen LogP contribution in [0.1, 0.15) is 20.8 Å². The number of piperazine rings is 1. The Bertz CT molecular complexity index is 841. The zero-order valence-electron chi connectivity index (χ0n) is 14.5. The van der Waals surface area contributed by atoms with Gasteiger partial charge in [-0.1, -0.05) is 13.8 Å². The summed E-state index contributed by atoms with van der Waals surface area (Å²) in [7, 11) is -3.88. The minimum atomic E-state index is -3.88. The average molecular weight is 366 g/mol. The van der Waals surface area contributed by atoms with Crippen molar-refractivity contribution in [2.24, 2.45) is 5.92 Å². The molecule has 1 saturated heterocycles. The van der Waals surface area contributed by atoms with Crippen LogP contribution in [0.3, 0.4) is 0 Å². The van der Waals surface area contributed by atoms with Crippen molar-refractivity contribution in [2.45, 2.75) is 31.9 Å². The molecule has 2 aromatic heterocycles. The van der Waals surface area contributed by atoms with Gasteiger partial charge in [-0.15, -0.1) is 0 Å². The number of furan rings is 1. The molecular formula is C16H22N4O4S. The molecule has 136 valence electrons. The van der Waals surface area contributed by atoms with E-state index in [1.807, 2.05) is 13.8 Å². The molecule has 0 saturated carbocycles. The molecule has 0 spiro atoms. The van der Waals surface area contributed by atoms with Crippen LogP contribution >= 0.6 is 0 Å². The number of carbonyl (C=O) groups is 1. The molecule has 2 aromatic rings. The molecule has 1 unspecified atom stereocenters. The fraction of sp³-hybridized carbons (Fsp3) is 0.500. The highest BCUT2D eigenvalue weighted by Gasteiger charge is 2.40. The molecule has 1 atom stereocenters. The molecule has 0 bridgehead atoms. The summed E-state index contributed by atoms with van der Waals surface area (Å²) in [5.41, 5.74) is 0.590. The summed E-state index contributed by atoms with van der Waals surface area (Å²) >= 11 is 0. The lowest BCUT2D eigenvalue weighted by molar-refractivity contribution is -0.138. The summed E-state index contributed by atoms with van der Waals surface area (Å²) < 4.78 is 32.5. The van der Waals surface area contributed by atoms with Crippen molar-refractivity contribution in [1.29, 1.82) is 0 Å². The van der Waals surface area contributed by atoms with Gasteiger partial charge in [0, 0.05) is 25.8 Å². The van der Waals surface area contributed by atoms with Crippen LogP contribution in [-0.4, -0.2) is 59.4 Å². The SMILES string of the molecule is CC(C)CN1CCN(S(=O)(=O)c2ccc(-c3ccn[nH]3)o2)C(C)C1=O. The van der Waals surface area contributed by atoms with Crippen molar-refractivity contribution >= 4 is 15.9 Å². The maximum absolute atomic E-state index is 12.9. The Morgan fingerprint density at radius 3 is 2.72 bits per heavy atom. The highest BCUT2D eigenvalue weighted by atomic mass is 32.2. The summed E-state index contributed by atoms with van der Waals surface area (Å²) in [6.07, 6.45) is 1.56. The van der Waals surface area contributed by atoms with Gasteiger partial charge in [0.15, 0.2) is 5.76 Å². The fourth-order valence-electron chi connectivity index (χ4n) is 2.97. The molecule has 8 nitrogen and oxygen atoms in total. The van der Waals surface area contributed by atoms with E-state index in [1.54, 1.807) is 30.2 Å². The predicted molar refractivity (Wildman–Crippen MR) is 91.1 cm³/mol.